The van der Waals surface area contributed by atoms with E-state index in [9.17, 15) is 0 Å². The van der Waals surface area contributed by atoms with Crippen molar-refractivity contribution in [3.63, 3.8) is 0 Å². The van der Waals surface area contributed by atoms with E-state index in [0.717, 1.165) is 19.0 Å². The Labute approximate surface area is 76.3 Å². The van der Waals surface area contributed by atoms with E-state index in [1.54, 1.807) is 11.8 Å². The van der Waals surface area contributed by atoms with Crippen LogP contribution in [0.15, 0.2) is 9.98 Å². The zero-order chi connectivity index (χ0) is 8.60. The van der Waals surface area contributed by atoms with Crippen LogP contribution in [0.2, 0.25) is 0 Å². The third kappa shape index (κ3) is 1.24. The van der Waals surface area contributed by atoms with Gasteiger partial charge in [0, 0.05) is 0 Å². The van der Waals surface area contributed by atoms with Gasteiger partial charge in [0.25, 0.3) is 0 Å². The molecule has 0 amide bonds. The van der Waals surface area contributed by atoms with E-state index in [2.05, 4.69) is 23.8 Å². The topological polar surface area (TPSA) is 34.0 Å². The second kappa shape index (κ2) is 2.76. The molecular weight excluding hydrogens is 172 g/mol. The lowest BCUT2D eigenvalue weighted by molar-refractivity contribution is 0.330. The van der Waals surface area contributed by atoms with Gasteiger partial charge in [0.2, 0.25) is 0 Å². The van der Waals surface area contributed by atoms with Crippen molar-refractivity contribution >= 4 is 23.2 Å². The standard InChI is InChI=1S/C8H12N2OS/c1-8(2)6(12-5-10-8)7-9-3-4-11-7/h5-6H,3-4H2,1-2H3. The maximum absolute atomic E-state index is 5.42. The van der Waals surface area contributed by atoms with E-state index in [1.165, 1.54) is 0 Å². The molecular formula is C8H12N2OS. The molecule has 1 atom stereocenters. The van der Waals surface area contributed by atoms with E-state index in [-0.39, 0.29) is 5.54 Å². The maximum Gasteiger partial charge on any atom is 0.199 e. The van der Waals surface area contributed by atoms with Gasteiger partial charge in [0.05, 0.1) is 17.6 Å². The van der Waals surface area contributed by atoms with Gasteiger partial charge in [-0.1, -0.05) is 11.8 Å². The minimum absolute atomic E-state index is 0.0478. The predicted molar refractivity (Wildman–Crippen MR) is 52.2 cm³/mol. The first kappa shape index (κ1) is 8.10. The number of nitrogens with zero attached hydrogens (tertiary/aromatic N) is 2. The molecule has 1 unspecified atom stereocenters. The van der Waals surface area contributed by atoms with E-state index in [4.69, 9.17) is 4.74 Å². The average molecular weight is 184 g/mol. The third-order valence-corrected chi connectivity index (χ3v) is 3.33. The molecule has 0 fully saturated rings. The summed E-state index contributed by atoms with van der Waals surface area (Å²) in [4.78, 5) is 8.68. The molecule has 0 aromatic heterocycles. The van der Waals surface area contributed by atoms with Gasteiger partial charge in [-0.25, -0.2) is 0 Å². The molecule has 0 saturated heterocycles. The van der Waals surface area contributed by atoms with Gasteiger partial charge in [0.15, 0.2) is 5.90 Å². The largest absolute Gasteiger partial charge is 0.478 e. The summed E-state index contributed by atoms with van der Waals surface area (Å²) in [6, 6.07) is 0. The van der Waals surface area contributed by atoms with Gasteiger partial charge in [-0.2, -0.15) is 0 Å². The van der Waals surface area contributed by atoms with Gasteiger partial charge >= 0.3 is 0 Å². The minimum Gasteiger partial charge on any atom is -0.478 e. The number of ether oxygens (including phenoxy) is 1. The zero-order valence-electron chi connectivity index (χ0n) is 7.28. The van der Waals surface area contributed by atoms with Crippen LogP contribution in [0.25, 0.3) is 0 Å². The Balaban J connectivity index is 2.15. The summed E-state index contributed by atoms with van der Waals surface area (Å²) in [5.41, 5.74) is 1.85. The van der Waals surface area contributed by atoms with Crippen LogP contribution >= 0.6 is 11.8 Å². The first-order valence-corrected chi connectivity index (χ1v) is 5.01. The number of hydrogen-bond donors (Lipinski definition) is 0. The molecule has 66 valence electrons. The van der Waals surface area contributed by atoms with Crippen molar-refractivity contribution in [1.82, 2.24) is 0 Å². The molecule has 0 saturated carbocycles. The summed E-state index contributed by atoms with van der Waals surface area (Å²) in [5.74, 6) is 0.877. The van der Waals surface area contributed by atoms with Gasteiger partial charge in [-0.15, -0.1) is 0 Å². The third-order valence-electron chi connectivity index (χ3n) is 2.06. The molecule has 0 radical (unpaired) electrons. The monoisotopic (exact) mass is 184 g/mol. The van der Waals surface area contributed by atoms with Crippen LogP contribution in [-0.2, 0) is 4.74 Å². The molecule has 3 nitrogen and oxygen atoms in total. The number of aliphatic imine (C=N–C) groups is 2. The molecule has 2 aliphatic rings. The lowest BCUT2D eigenvalue weighted by Gasteiger charge is -2.22. The molecule has 0 aliphatic carbocycles. The van der Waals surface area contributed by atoms with Crippen LogP contribution < -0.4 is 0 Å². The SMILES string of the molecule is CC1(C)N=CSC1C1=NCCO1. The second-order valence-corrected chi connectivity index (χ2v) is 4.43. The Hall–Kier alpha value is -0.510. The van der Waals surface area contributed by atoms with Crippen molar-refractivity contribution in [2.45, 2.75) is 24.6 Å². The highest BCUT2D eigenvalue weighted by Crippen LogP contribution is 2.33. The summed E-state index contributed by atoms with van der Waals surface area (Å²) in [6.45, 7) is 5.77. The summed E-state index contributed by atoms with van der Waals surface area (Å²) in [7, 11) is 0. The van der Waals surface area contributed by atoms with Crippen LogP contribution in [0.3, 0.4) is 0 Å². The highest BCUT2D eigenvalue weighted by Gasteiger charge is 2.38. The van der Waals surface area contributed by atoms with Crippen LogP contribution in [-0.4, -0.2) is 35.4 Å². The summed E-state index contributed by atoms with van der Waals surface area (Å²) < 4.78 is 5.42. The maximum atomic E-state index is 5.42. The lowest BCUT2D eigenvalue weighted by Crippen LogP contribution is -2.35. The number of thioether (sulfide) groups is 1. The highest BCUT2D eigenvalue weighted by molar-refractivity contribution is 8.13. The Bertz CT molecular complexity index is 247. The van der Waals surface area contributed by atoms with Crippen LogP contribution in [0.5, 0.6) is 0 Å². The molecule has 0 bridgehead atoms. The zero-order valence-corrected chi connectivity index (χ0v) is 8.10. The van der Waals surface area contributed by atoms with Crippen molar-refractivity contribution in [2.24, 2.45) is 9.98 Å². The number of hydrogen-bond acceptors (Lipinski definition) is 4. The molecule has 2 rings (SSSR count). The van der Waals surface area contributed by atoms with Gasteiger partial charge in [-0.05, 0) is 13.8 Å². The van der Waals surface area contributed by atoms with Crippen molar-refractivity contribution < 1.29 is 4.74 Å². The second-order valence-electron chi connectivity index (χ2n) is 3.47. The van der Waals surface area contributed by atoms with Crippen molar-refractivity contribution in [1.29, 1.82) is 0 Å². The normalized spacial score (nSPS) is 31.8. The van der Waals surface area contributed by atoms with Crippen molar-refractivity contribution in [2.75, 3.05) is 13.2 Å². The molecule has 4 heteroatoms. The van der Waals surface area contributed by atoms with Gasteiger partial charge in [-0.3, -0.25) is 9.98 Å². The molecule has 2 aliphatic heterocycles. The minimum atomic E-state index is -0.0478. The molecule has 2 heterocycles. The fraction of sp³-hybridized carbons (Fsp3) is 0.750. The van der Waals surface area contributed by atoms with Crippen LogP contribution in [0.4, 0.5) is 0 Å². The molecule has 0 N–H and O–H groups in total. The van der Waals surface area contributed by atoms with E-state index in [1.807, 2.05) is 5.55 Å². The Morgan fingerprint density at radius 2 is 2.50 bits per heavy atom. The van der Waals surface area contributed by atoms with Crippen LogP contribution in [0, 0.1) is 0 Å². The molecule has 0 spiro atoms. The highest BCUT2D eigenvalue weighted by atomic mass is 32.2. The predicted octanol–water partition coefficient (Wildman–Crippen LogP) is 1.34. The van der Waals surface area contributed by atoms with Crippen molar-refractivity contribution in [3.05, 3.63) is 0 Å². The average Bonchev–Trinajstić information content (AvgIpc) is 2.55. The Morgan fingerprint density at radius 1 is 1.67 bits per heavy atom. The molecule has 12 heavy (non-hydrogen) atoms. The quantitative estimate of drug-likeness (QED) is 0.616. The lowest BCUT2D eigenvalue weighted by atomic mass is 10.0. The molecule has 0 aromatic rings. The van der Waals surface area contributed by atoms with Crippen molar-refractivity contribution in [3.8, 4) is 0 Å². The number of rotatable bonds is 1. The first-order chi connectivity index (χ1) is 5.70. The van der Waals surface area contributed by atoms with Gasteiger partial charge < -0.3 is 4.74 Å². The van der Waals surface area contributed by atoms with Crippen LogP contribution in [0.1, 0.15) is 13.8 Å². The molecule has 0 aromatic carbocycles. The first-order valence-electron chi connectivity index (χ1n) is 4.06. The van der Waals surface area contributed by atoms with E-state index in [0.29, 0.717) is 5.25 Å². The Morgan fingerprint density at radius 3 is 3.00 bits per heavy atom. The summed E-state index contributed by atoms with van der Waals surface area (Å²) >= 11 is 1.70. The van der Waals surface area contributed by atoms with E-state index >= 15 is 0 Å². The fourth-order valence-corrected chi connectivity index (χ4v) is 2.44. The van der Waals surface area contributed by atoms with Gasteiger partial charge in [0.1, 0.15) is 11.9 Å². The fourth-order valence-electron chi connectivity index (χ4n) is 1.33. The smallest absolute Gasteiger partial charge is 0.199 e. The summed E-state index contributed by atoms with van der Waals surface area (Å²) in [5, 5.41) is 0.292. The summed E-state index contributed by atoms with van der Waals surface area (Å²) in [6.07, 6.45) is 0. The Kier molecular flexibility index (Phi) is 1.87. The van der Waals surface area contributed by atoms with E-state index < -0.39 is 0 Å².